The van der Waals surface area contributed by atoms with E-state index in [9.17, 15) is 0 Å². The zero-order valence-electron chi connectivity index (χ0n) is 19.0. The molecule has 2 heterocycles. The van der Waals surface area contributed by atoms with Crippen molar-refractivity contribution in [2.75, 3.05) is 40.0 Å². The van der Waals surface area contributed by atoms with Crippen LogP contribution in [0.2, 0.25) is 0 Å². The number of hydrogen-bond donors (Lipinski definition) is 0. The average molecular weight is 436 g/mol. The second-order valence-electron chi connectivity index (χ2n) is 8.09. The van der Waals surface area contributed by atoms with Crippen molar-refractivity contribution in [1.82, 2.24) is 14.5 Å². The van der Waals surface area contributed by atoms with Gasteiger partial charge in [-0.25, -0.2) is 4.98 Å². The van der Waals surface area contributed by atoms with Crippen molar-refractivity contribution in [3.63, 3.8) is 0 Å². The van der Waals surface area contributed by atoms with E-state index in [0.717, 1.165) is 81.5 Å². The average Bonchev–Trinajstić information content (AvgIpc) is 3.17. The molecule has 0 atom stereocenters. The van der Waals surface area contributed by atoms with Crippen LogP contribution in [0.1, 0.15) is 24.2 Å². The van der Waals surface area contributed by atoms with Gasteiger partial charge in [-0.1, -0.05) is 24.3 Å². The van der Waals surface area contributed by atoms with E-state index in [0.29, 0.717) is 6.61 Å². The smallest absolute Gasteiger partial charge is 0.161 e. The van der Waals surface area contributed by atoms with E-state index in [1.54, 1.807) is 7.11 Å². The number of para-hydroxylation sites is 2. The van der Waals surface area contributed by atoms with E-state index in [4.69, 9.17) is 19.2 Å². The van der Waals surface area contributed by atoms with Gasteiger partial charge in [0.2, 0.25) is 0 Å². The van der Waals surface area contributed by atoms with Gasteiger partial charge in [0.15, 0.2) is 11.5 Å². The maximum atomic E-state index is 6.02. The molecule has 1 aromatic heterocycles. The molecule has 0 bridgehead atoms. The Morgan fingerprint density at radius 1 is 1.09 bits per heavy atom. The maximum absolute atomic E-state index is 6.02. The highest BCUT2D eigenvalue weighted by molar-refractivity contribution is 5.75. The highest BCUT2D eigenvalue weighted by Gasteiger charge is 2.16. The zero-order valence-corrected chi connectivity index (χ0v) is 19.0. The van der Waals surface area contributed by atoms with Crippen molar-refractivity contribution in [2.45, 2.75) is 32.4 Å². The first-order valence-electron chi connectivity index (χ1n) is 11.4. The van der Waals surface area contributed by atoms with Gasteiger partial charge in [-0.15, -0.1) is 6.58 Å². The molecule has 1 aliphatic heterocycles. The first-order valence-corrected chi connectivity index (χ1v) is 11.4. The predicted molar refractivity (Wildman–Crippen MR) is 127 cm³/mol. The van der Waals surface area contributed by atoms with Crippen LogP contribution in [0.4, 0.5) is 0 Å². The predicted octanol–water partition coefficient (Wildman–Crippen LogP) is 4.46. The van der Waals surface area contributed by atoms with Gasteiger partial charge in [-0.2, -0.15) is 0 Å². The summed E-state index contributed by atoms with van der Waals surface area (Å²) in [5.74, 6) is 2.70. The minimum atomic E-state index is 0.655. The van der Waals surface area contributed by atoms with Crippen molar-refractivity contribution >= 4 is 11.0 Å². The third-order valence-corrected chi connectivity index (χ3v) is 5.84. The lowest BCUT2D eigenvalue weighted by molar-refractivity contribution is 0.0326. The second kappa shape index (κ2) is 11.2. The summed E-state index contributed by atoms with van der Waals surface area (Å²) in [6, 6.07) is 14.5. The normalized spacial score (nSPS) is 14.5. The number of aromatic nitrogens is 2. The van der Waals surface area contributed by atoms with Gasteiger partial charge in [0.1, 0.15) is 5.82 Å². The molecule has 0 N–H and O–H groups in total. The SMILES string of the molecule is C=CCc1ccc(OCCCCn2c(CN3CCOCC3)nc3ccccc32)c(OC)c1. The van der Waals surface area contributed by atoms with Gasteiger partial charge < -0.3 is 18.8 Å². The molecule has 4 rings (SSSR count). The minimum Gasteiger partial charge on any atom is -0.493 e. The Morgan fingerprint density at radius 2 is 1.94 bits per heavy atom. The number of allylic oxidation sites excluding steroid dienone is 1. The Hall–Kier alpha value is -2.83. The summed E-state index contributed by atoms with van der Waals surface area (Å²) in [5.41, 5.74) is 3.44. The fourth-order valence-corrected chi connectivity index (χ4v) is 4.13. The van der Waals surface area contributed by atoms with E-state index >= 15 is 0 Å². The fraction of sp³-hybridized carbons (Fsp3) is 0.423. The van der Waals surface area contributed by atoms with Crippen molar-refractivity contribution < 1.29 is 14.2 Å². The van der Waals surface area contributed by atoms with E-state index < -0.39 is 0 Å². The monoisotopic (exact) mass is 435 g/mol. The van der Waals surface area contributed by atoms with Crippen LogP contribution >= 0.6 is 0 Å². The van der Waals surface area contributed by atoms with Crippen LogP contribution in [-0.2, 0) is 24.2 Å². The van der Waals surface area contributed by atoms with Crippen molar-refractivity contribution in [3.8, 4) is 11.5 Å². The molecule has 1 fully saturated rings. The highest BCUT2D eigenvalue weighted by Crippen LogP contribution is 2.28. The largest absolute Gasteiger partial charge is 0.493 e. The van der Waals surface area contributed by atoms with E-state index in [1.165, 1.54) is 11.1 Å². The van der Waals surface area contributed by atoms with E-state index in [1.807, 2.05) is 18.2 Å². The number of ether oxygens (including phenoxy) is 3. The van der Waals surface area contributed by atoms with Gasteiger partial charge >= 0.3 is 0 Å². The highest BCUT2D eigenvalue weighted by atomic mass is 16.5. The lowest BCUT2D eigenvalue weighted by Crippen LogP contribution is -2.36. The number of hydrogen-bond acceptors (Lipinski definition) is 5. The Kier molecular flexibility index (Phi) is 7.80. The molecular weight excluding hydrogens is 402 g/mol. The Morgan fingerprint density at radius 3 is 2.75 bits per heavy atom. The summed E-state index contributed by atoms with van der Waals surface area (Å²) in [6.07, 6.45) is 4.69. The molecule has 32 heavy (non-hydrogen) atoms. The summed E-state index contributed by atoms with van der Waals surface area (Å²) >= 11 is 0. The molecule has 0 amide bonds. The van der Waals surface area contributed by atoms with Crippen molar-refractivity contribution in [1.29, 1.82) is 0 Å². The van der Waals surface area contributed by atoms with Crippen LogP contribution in [0.25, 0.3) is 11.0 Å². The summed E-state index contributed by atoms with van der Waals surface area (Å²) in [7, 11) is 1.68. The quantitative estimate of drug-likeness (QED) is 0.329. The number of fused-ring (bicyclic) bond motifs is 1. The number of nitrogens with zero attached hydrogens (tertiary/aromatic N) is 3. The lowest BCUT2D eigenvalue weighted by Gasteiger charge is -2.26. The molecule has 0 radical (unpaired) electrons. The molecule has 170 valence electrons. The molecule has 6 heteroatoms. The molecule has 2 aromatic carbocycles. The number of unbranched alkanes of at least 4 members (excludes halogenated alkanes) is 1. The molecule has 0 aliphatic carbocycles. The molecule has 0 unspecified atom stereocenters. The number of imidazole rings is 1. The van der Waals surface area contributed by atoms with E-state index in [2.05, 4.69) is 46.4 Å². The zero-order chi connectivity index (χ0) is 22.2. The van der Waals surface area contributed by atoms with Crippen molar-refractivity contribution in [2.24, 2.45) is 0 Å². The summed E-state index contributed by atoms with van der Waals surface area (Å²) in [4.78, 5) is 7.35. The number of methoxy groups -OCH3 is 1. The number of benzene rings is 2. The maximum Gasteiger partial charge on any atom is 0.161 e. The van der Waals surface area contributed by atoms with Gasteiger partial charge in [0.05, 0.1) is 44.5 Å². The number of aryl methyl sites for hydroxylation is 1. The number of rotatable bonds is 11. The van der Waals surface area contributed by atoms with Gasteiger partial charge in [-0.3, -0.25) is 4.90 Å². The second-order valence-corrected chi connectivity index (χ2v) is 8.09. The Labute approximate surface area is 190 Å². The topological polar surface area (TPSA) is 48.8 Å². The van der Waals surface area contributed by atoms with Crippen LogP contribution < -0.4 is 9.47 Å². The minimum absolute atomic E-state index is 0.655. The van der Waals surface area contributed by atoms with Crippen LogP contribution in [-0.4, -0.2) is 54.5 Å². The van der Waals surface area contributed by atoms with Crippen LogP contribution in [0, 0.1) is 0 Å². The molecule has 1 aliphatic rings. The molecule has 0 saturated carbocycles. The standard InChI is InChI=1S/C26H33N3O3/c1-3-8-21-11-12-24(25(19-21)30-2)32-16-7-6-13-29-23-10-5-4-9-22(23)27-26(29)20-28-14-17-31-18-15-28/h3-5,9-12,19H,1,6-8,13-18,20H2,2H3. The Bertz CT molecular complexity index is 1020. The molecule has 3 aromatic rings. The first-order chi connectivity index (χ1) is 15.8. The molecular formula is C26H33N3O3. The van der Waals surface area contributed by atoms with Crippen molar-refractivity contribution in [3.05, 3.63) is 66.5 Å². The molecule has 1 saturated heterocycles. The Balaban J connectivity index is 1.35. The summed E-state index contributed by atoms with van der Waals surface area (Å²) in [5, 5.41) is 0. The molecule has 0 spiro atoms. The third kappa shape index (κ3) is 5.50. The molecule has 6 nitrogen and oxygen atoms in total. The number of morpholine rings is 1. The first kappa shape index (κ1) is 22.4. The van der Waals surface area contributed by atoms with Crippen LogP contribution in [0.15, 0.2) is 55.1 Å². The lowest BCUT2D eigenvalue weighted by atomic mass is 10.1. The fourth-order valence-electron chi connectivity index (χ4n) is 4.13. The summed E-state index contributed by atoms with van der Waals surface area (Å²) in [6.45, 7) is 9.77. The van der Waals surface area contributed by atoms with Gasteiger partial charge in [0.25, 0.3) is 0 Å². The third-order valence-electron chi connectivity index (χ3n) is 5.84. The van der Waals surface area contributed by atoms with Crippen LogP contribution in [0.3, 0.4) is 0 Å². The summed E-state index contributed by atoms with van der Waals surface area (Å²) < 4.78 is 19.4. The van der Waals surface area contributed by atoms with E-state index in [-0.39, 0.29) is 0 Å². The van der Waals surface area contributed by atoms with Gasteiger partial charge in [0, 0.05) is 19.6 Å². The van der Waals surface area contributed by atoms with Crippen LogP contribution in [0.5, 0.6) is 11.5 Å². The van der Waals surface area contributed by atoms with Gasteiger partial charge in [-0.05, 0) is 49.1 Å².